The SMILES string of the molecule is Cc1c(S(C)(=O)=O)c(-c2cc(F)cc(N3CCN(c4ccc(N5CCO[P@@]5(=O)c5ccc(N[C@H](CCN6CCOCC6)CSc6ccccc6)c(S(=O)(=O)C(F)(F)F)c5)cc4)CC3)c2)c(-c2ccc(Cl)cc2)n1C(C)C. The number of hydrogen-bond donors (Lipinski definition) is 1. The minimum absolute atomic E-state index is 0.0222. The van der Waals surface area contributed by atoms with Crippen LogP contribution in [-0.2, 0) is 33.5 Å². The number of ether oxygens (including phenoxy) is 1. The summed E-state index contributed by atoms with van der Waals surface area (Å²) >= 11 is 7.77. The van der Waals surface area contributed by atoms with Gasteiger partial charge in [-0.05, 0) is 123 Å². The average Bonchev–Trinajstić information content (AvgIpc) is 3.96. The number of nitrogens with one attached hydrogen (secondary N) is 1. The van der Waals surface area contributed by atoms with Crippen molar-refractivity contribution in [3.05, 3.63) is 132 Å². The maximum absolute atomic E-state index is 15.8. The molecule has 0 saturated carbocycles. The Bertz CT molecular complexity index is 3320. The van der Waals surface area contributed by atoms with Crippen LogP contribution in [0.5, 0.6) is 0 Å². The van der Waals surface area contributed by atoms with Crippen molar-refractivity contribution in [1.29, 1.82) is 0 Å². The van der Waals surface area contributed by atoms with E-state index >= 15 is 4.39 Å². The van der Waals surface area contributed by atoms with E-state index in [1.54, 1.807) is 31.2 Å². The first-order valence-corrected chi connectivity index (χ1v) is 31.3. The number of sulfone groups is 2. The van der Waals surface area contributed by atoms with Gasteiger partial charge < -0.3 is 28.9 Å². The first-order chi connectivity index (χ1) is 36.1. The maximum atomic E-state index is 15.8. The number of piperazine rings is 1. The van der Waals surface area contributed by atoms with E-state index in [2.05, 4.69) is 15.1 Å². The van der Waals surface area contributed by atoms with Crippen LogP contribution in [0.3, 0.4) is 0 Å². The van der Waals surface area contributed by atoms with Crippen LogP contribution < -0.4 is 25.1 Å². The Hall–Kier alpha value is -5.05. The van der Waals surface area contributed by atoms with Crippen molar-refractivity contribution in [3.8, 4) is 22.4 Å². The topological polar surface area (TPSA) is 134 Å². The first kappa shape index (κ1) is 55.7. The van der Waals surface area contributed by atoms with Crippen molar-refractivity contribution in [1.82, 2.24) is 9.47 Å². The summed E-state index contributed by atoms with van der Waals surface area (Å²) in [5.74, 6) is -0.0959. The third-order valence-corrected chi connectivity index (χ3v) is 20.7. The molecule has 0 unspecified atom stereocenters. The van der Waals surface area contributed by atoms with Crippen molar-refractivity contribution in [2.75, 3.05) is 104 Å². The Morgan fingerprint density at radius 2 is 1.41 bits per heavy atom. The summed E-state index contributed by atoms with van der Waals surface area (Å²) < 4.78 is 143. The van der Waals surface area contributed by atoms with E-state index in [1.165, 1.54) is 47.0 Å². The van der Waals surface area contributed by atoms with Gasteiger partial charge >= 0.3 is 13.0 Å². The summed E-state index contributed by atoms with van der Waals surface area (Å²) in [4.78, 5) is 6.43. The van der Waals surface area contributed by atoms with Crippen molar-refractivity contribution in [2.24, 2.45) is 0 Å². The number of nitrogens with zero attached hydrogens (tertiary/aromatic N) is 5. The Kier molecular flexibility index (Phi) is 16.7. The Morgan fingerprint density at radius 1 is 0.763 bits per heavy atom. The average molecular weight is 1140 g/mol. The highest BCUT2D eigenvalue weighted by Crippen LogP contribution is 2.56. The van der Waals surface area contributed by atoms with Gasteiger partial charge in [-0.3, -0.25) is 14.1 Å². The zero-order valence-electron chi connectivity index (χ0n) is 42.5. The molecule has 406 valence electrons. The van der Waals surface area contributed by atoms with Gasteiger partial charge in [0.2, 0.25) is 0 Å². The second-order valence-corrected chi connectivity index (χ2v) is 27.1. The predicted octanol–water partition coefficient (Wildman–Crippen LogP) is 11.2. The molecule has 4 heterocycles. The van der Waals surface area contributed by atoms with Gasteiger partial charge in [0, 0.05) is 108 Å². The van der Waals surface area contributed by atoms with Crippen LogP contribution in [0, 0.1) is 12.7 Å². The second-order valence-electron chi connectivity index (χ2n) is 19.4. The minimum atomic E-state index is -5.94. The number of halogens is 5. The molecule has 9 rings (SSSR count). The normalized spacial score (nSPS) is 18.4. The van der Waals surface area contributed by atoms with Crippen LogP contribution in [-0.4, -0.2) is 122 Å². The number of alkyl halides is 3. The van der Waals surface area contributed by atoms with Gasteiger partial charge in [0.25, 0.3) is 9.84 Å². The van der Waals surface area contributed by atoms with Crippen molar-refractivity contribution in [2.45, 2.75) is 59.5 Å². The van der Waals surface area contributed by atoms with Crippen LogP contribution in [0.4, 0.5) is 40.3 Å². The number of hydrogen-bond acceptors (Lipinski definition) is 12. The molecule has 0 amide bonds. The van der Waals surface area contributed by atoms with Gasteiger partial charge in [-0.25, -0.2) is 21.2 Å². The number of benzene rings is 5. The van der Waals surface area contributed by atoms with Gasteiger partial charge in [0.05, 0.1) is 47.9 Å². The summed E-state index contributed by atoms with van der Waals surface area (Å²) in [6, 6.07) is 31.4. The molecule has 3 aliphatic rings. The van der Waals surface area contributed by atoms with E-state index in [4.69, 9.17) is 20.9 Å². The fourth-order valence-electron chi connectivity index (χ4n) is 10.3. The van der Waals surface area contributed by atoms with Crippen LogP contribution in [0.1, 0.15) is 32.0 Å². The Labute approximate surface area is 451 Å². The lowest BCUT2D eigenvalue weighted by atomic mass is 9.99. The third kappa shape index (κ3) is 11.8. The summed E-state index contributed by atoms with van der Waals surface area (Å²) in [5.41, 5.74) is -1.25. The first-order valence-electron chi connectivity index (χ1n) is 25.0. The molecule has 0 aliphatic carbocycles. The highest BCUT2D eigenvalue weighted by atomic mass is 35.5. The quantitative estimate of drug-likeness (QED) is 0.0528. The summed E-state index contributed by atoms with van der Waals surface area (Å²) in [6.45, 7) is 11.0. The highest BCUT2D eigenvalue weighted by molar-refractivity contribution is 7.99. The zero-order chi connectivity index (χ0) is 54.2. The van der Waals surface area contributed by atoms with E-state index in [0.717, 1.165) is 22.2 Å². The van der Waals surface area contributed by atoms with Crippen molar-refractivity contribution < 1.29 is 48.2 Å². The van der Waals surface area contributed by atoms with Crippen molar-refractivity contribution in [3.63, 3.8) is 0 Å². The molecule has 0 bridgehead atoms. The van der Waals surface area contributed by atoms with E-state index in [9.17, 15) is 34.6 Å². The minimum Gasteiger partial charge on any atom is -0.380 e. The lowest BCUT2D eigenvalue weighted by molar-refractivity contribution is -0.0435. The van der Waals surface area contributed by atoms with Gasteiger partial charge in [-0.2, -0.15) is 13.2 Å². The smallest absolute Gasteiger partial charge is 0.380 e. The van der Waals surface area contributed by atoms with E-state index in [-0.39, 0.29) is 35.1 Å². The monoisotopic (exact) mass is 1140 g/mol. The maximum Gasteiger partial charge on any atom is 0.501 e. The summed E-state index contributed by atoms with van der Waals surface area (Å²) in [7, 11) is -13.9. The molecule has 6 aromatic rings. The van der Waals surface area contributed by atoms with Crippen LogP contribution in [0.15, 0.2) is 130 Å². The fraction of sp³-hybridized carbons (Fsp3) is 0.370. The lowest BCUT2D eigenvalue weighted by Gasteiger charge is -2.37. The molecule has 2 atom stereocenters. The third-order valence-electron chi connectivity index (χ3n) is 14.0. The Balaban J connectivity index is 0.939. The lowest BCUT2D eigenvalue weighted by Crippen LogP contribution is -2.46. The number of anilines is 4. The molecular formula is C54H60ClF4N6O7PS3. The zero-order valence-corrected chi connectivity index (χ0v) is 46.6. The summed E-state index contributed by atoms with van der Waals surface area (Å²) in [6.07, 6.45) is 1.66. The van der Waals surface area contributed by atoms with Gasteiger partial charge in [-0.15, -0.1) is 11.8 Å². The molecule has 13 nitrogen and oxygen atoms in total. The Morgan fingerprint density at radius 3 is 2.04 bits per heavy atom. The molecule has 0 radical (unpaired) electrons. The van der Waals surface area contributed by atoms with Gasteiger partial charge in [0.15, 0.2) is 9.84 Å². The van der Waals surface area contributed by atoms with Gasteiger partial charge in [0.1, 0.15) is 10.7 Å². The van der Waals surface area contributed by atoms with E-state index in [0.29, 0.717) is 110 Å². The molecule has 0 spiro atoms. The molecular weight excluding hydrogens is 1080 g/mol. The number of morpholine rings is 1. The van der Waals surface area contributed by atoms with E-state index < -0.39 is 49.5 Å². The second kappa shape index (κ2) is 22.7. The molecule has 22 heteroatoms. The van der Waals surface area contributed by atoms with Crippen LogP contribution in [0.25, 0.3) is 22.4 Å². The summed E-state index contributed by atoms with van der Waals surface area (Å²) in [5, 5.41) is 3.47. The van der Waals surface area contributed by atoms with Crippen LogP contribution >= 0.6 is 30.9 Å². The number of thioether (sulfide) groups is 1. The highest BCUT2D eigenvalue weighted by Gasteiger charge is 2.49. The largest absolute Gasteiger partial charge is 0.501 e. The molecule has 3 fully saturated rings. The predicted molar refractivity (Wildman–Crippen MR) is 296 cm³/mol. The van der Waals surface area contributed by atoms with Gasteiger partial charge in [-0.1, -0.05) is 41.9 Å². The van der Waals surface area contributed by atoms with Crippen LogP contribution in [0.2, 0.25) is 5.02 Å². The molecule has 3 aliphatic heterocycles. The standard InChI is InChI=1S/C54H60ClF4N6O7PS3/c1-37(2)65-38(3)53(75(4,67)68)51(52(65)39-10-12-41(55)13-11-39)40-32-42(56)34-46(33-40)63-24-22-62(23-25-63)44-14-16-45(17-15-44)64-28-31-72-73(64,66)47-18-19-49(50(35-47)76(69,70)54(57,58)59)60-43(20-21-61-26-29-71-30-27-61)36-74-48-8-6-5-7-9-48/h5-19,32-35,37,43,60H,20-31,36H2,1-4H3/t43-,73+/m1/s1. The molecule has 3 saturated heterocycles. The molecule has 76 heavy (non-hydrogen) atoms. The number of aromatic nitrogens is 1. The van der Waals surface area contributed by atoms with Crippen molar-refractivity contribution >= 4 is 78.6 Å². The molecule has 5 aromatic carbocycles. The van der Waals surface area contributed by atoms with E-state index in [1.807, 2.05) is 84.0 Å². The number of rotatable bonds is 17. The fourth-order valence-corrected chi connectivity index (χ4v) is 15.9. The molecule has 1 N–H and O–H groups in total. The molecule has 1 aromatic heterocycles.